The first-order valence-corrected chi connectivity index (χ1v) is 6.42. The fraction of sp³-hybridized carbons (Fsp3) is 0.600. The summed E-state index contributed by atoms with van der Waals surface area (Å²) in [5, 5.41) is 11.5. The SMILES string of the molecule is O=c1c(NCCO)c(N2CCSCC2)c1=O. The van der Waals surface area contributed by atoms with Gasteiger partial charge in [0, 0.05) is 31.1 Å². The van der Waals surface area contributed by atoms with E-state index in [1.807, 2.05) is 16.7 Å². The lowest BCUT2D eigenvalue weighted by molar-refractivity contribution is 0.311. The second-order valence-electron chi connectivity index (χ2n) is 3.63. The molecule has 88 valence electrons. The van der Waals surface area contributed by atoms with Crippen molar-refractivity contribution in [2.75, 3.05) is 48.0 Å². The molecule has 0 bridgehead atoms. The molecule has 6 heteroatoms. The van der Waals surface area contributed by atoms with Gasteiger partial charge in [0.2, 0.25) is 0 Å². The maximum absolute atomic E-state index is 11.5. The minimum atomic E-state index is -0.457. The Labute approximate surface area is 97.1 Å². The smallest absolute Gasteiger partial charge is 0.253 e. The number of aliphatic hydroxyl groups is 1. The van der Waals surface area contributed by atoms with Crippen LogP contribution in [0.25, 0.3) is 0 Å². The molecule has 1 aromatic rings. The topological polar surface area (TPSA) is 69.6 Å². The van der Waals surface area contributed by atoms with Gasteiger partial charge in [-0.1, -0.05) is 0 Å². The van der Waals surface area contributed by atoms with E-state index in [2.05, 4.69) is 5.32 Å². The Bertz CT molecular complexity index is 433. The standard InChI is InChI=1S/C10H14N2O3S/c13-4-1-11-7-8(10(15)9(7)14)12-2-5-16-6-3-12/h11,13H,1-6H2. The molecule has 16 heavy (non-hydrogen) atoms. The van der Waals surface area contributed by atoms with E-state index in [1.165, 1.54) is 0 Å². The van der Waals surface area contributed by atoms with Gasteiger partial charge in [-0.15, -0.1) is 0 Å². The van der Waals surface area contributed by atoms with Crippen LogP contribution in [0, 0.1) is 0 Å². The predicted octanol–water partition coefficient (Wildman–Crippen LogP) is -0.760. The Morgan fingerprint density at radius 1 is 1.25 bits per heavy atom. The van der Waals surface area contributed by atoms with E-state index in [0.717, 1.165) is 24.6 Å². The molecule has 1 fully saturated rings. The highest BCUT2D eigenvalue weighted by Gasteiger charge is 2.26. The summed E-state index contributed by atoms with van der Waals surface area (Å²) < 4.78 is 0. The van der Waals surface area contributed by atoms with Gasteiger partial charge in [-0.05, 0) is 0 Å². The first-order valence-electron chi connectivity index (χ1n) is 5.26. The lowest BCUT2D eigenvalue weighted by Gasteiger charge is -2.30. The molecule has 1 saturated heterocycles. The molecular weight excluding hydrogens is 228 g/mol. The largest absolute Gasteiger partial charge is 0.395 e. The van der Waals surface area contributed by atoms with Crippen molar-refractivity contribution in [2.45, 2.75) is 0 Å². The number of anilines is 2. The lowest BCUT2D eigenvalue weighted by atomic mass is 10.1. The number of aliphatic hydroxyl groups excluding tert-OH is 1. The fourth-order valence-corrected chi connectivity index (χ4v) is 2.72. The van der Waals surface area contributed by atoms with Crippen LogP contribution in [0.3, 0.4) is 0 Å². The average Bonchev–Trinajstić information content (AvgIpc) is 2.34. The zero-order valence-corrected chi connectivity index (χ0v) is 9.68. The van der Waals surface area contributed by atoms with Gasteiger partial charge in [0.1, 0.15) is 11.4 Å². The van der Waals surface area contributed by atoms with E-state index in [4.69, 9.17) is 5.11 Å². The van der Waals surface area contributed by atoms with Crippen molar-refractivity contribution in [3.05, 3.63) is 20.4 Å². The Morgan fingerprint density at radius 3 is 2.56 bits per heavy atom. The zero-order valence-electron chi connectivity index (χ0n) is 8.86. The maximum atomic E-state index is 11.5. The van der Waals surface area contributed by atoms with Crippen molar-refractivity contribution in [2.24, 2.45) is 0 Å². The molecule has 0 unspecified atom stereocenters. The minimum Gasteiger partial charge on any atom is -0.395 e. The Kier molecular flexibility index (Phi) is 3.50. The summed E-state index contributed by atoms with van der Waals surface area (Å²) in [5.41, 5.74) is 0.0405. The van der Waals surface area contributed by atoms with Crippen LogP contribution < -0.4 is 21.1 Å². The number of nitrogens with one attached hydrogen (secondary N) is 1. The van der Waals surface area contributed by atoms with Gasteiger partial charge in [-0.2, -0.15) is 11.8 Å². The summed E-state index contributed by atoms with van der Waals surface area (Å²) in [6, 6.07) is 0. The first kappa shape index (κ1) is 11.5. The van der Waals surface area contributed by atoms with E-state index in [0.29, 0.717) is 17.9 Å². The molecule has 0 saturated carbocycles. The molecule has 0 atom stereocenters. The van der Waals surface area contributed by atoms with Crippen LogP contribution in [0.2, 0.25) is 0 Å². The summed E-state index contributed by atoms with van der Waals surface area (Å²) in [6.07, 6.45) is 0. The third-order valence-electron chi connectivity index (χ3n) is 2.63. The molecule has 1 heterocycles. The van der Waals surface area contributed by atoms with Gasteiger partial charge in [0.05, 0.1) is 6.61 Å². The van der Waals surface area contributed by atoms with Crippen LogP contribution in [-0.2, 0) is 0 Å². The van der Waals surface area contributed by atoms with E-state index in [9.17, 15) is 9.59 Å². The van der Waals surface area contributed by atoms with E-state index < -0.39 is 10.9 Å². The molecule has 1 aliphatic heterocycles. The van der Waals surface area contributed by atoms with Crippen molar-refractivity contribution in [3.8, 4) is 0 Å². The molecule has 0 spiro atoms. The van der Waals surface area contributed by atoms with Crippen molar-refractivity contribution < 1.29 is 5.11 Å². The molecule has 1 aromatic carbocycles. The van der Waals surface area contributed by atoms with Crippen LogP contribution in [-0.4, -0.2) is 42.9 Å². The van der Waals surface area contributed by atoms with Crippen molar-refractivity contribution >= 4 is 23.1 Å². The van der Waals surface area contributed by atoms with Gasteiger partial charge < -0.3 is 15.3 Å². The van der Waals surface area contributed by atoms with Crippen molar-refractivity contribution in [3.63, 3.8) is 0 Å². The molecule has 2 rings (SSSR count). The number of rotatable bonds is 4. The highest BCUT2D eigenvalue weighted by molar-refractivity contribution is 7.99. The summed E-state index contributed by atoms with van der Waals surface area (Å²) in [4.78, 5) is 24.8. The molecule has 5 nitrogen and oxygen atoms in total. The number of hydrogen-bond acceptors (Lipinski definition) is 6. The summed E-state index contributed by atoms with van der Waals surface area (Å²) in [6.45, 7) is 1.88. The normalized spacial score (nSPS) is 16.7. The molecular formula is C10H14N2O3S. The Balaban J connectivity index is 2.16. The average molecular weight is 242 g/mol. The minimum absolute atomic E-state index is 0.0475. The number of thioether (sulfide) groups is 1. The molecule has 0 radical (unpaired) electrons. The van der Waals surface area contributed by atoms with Crippen LogP contribution in [0.1, 0.15) is 0 Å². The van der Waals surface area contributed by atoms with Crippen molar-refractivity contribution in [1.82, 2.24) is 0 Å². The third kappa shape index (κ3) is 1.94. The van der Waals surface area contributed by atoms with Gasteiger partial charge in [0.15, 0.2) is 0 Å². The number of hydrogen-bond donors (Lipinski definition) is 2. The molecule has 2 N–H and O–H groups in total. The summed E-state index contributed by atoms with van der Waals surface area (Å²) >= 11 is 1.85. The van der Waals surface area contributed by atoms with E-state index >= 15 is 0 Å². The van der Waals surface area contributed by atoms with Crippen LogP contribution in [0.4, 0.5) is 11.4 Å². The quantitative estimate of drug-likeness (QED) is 0.676. The van der Waals surface area contributed by atoms with Crippen LogP contribution >= 0.6 is 11.8 Å². The fourth-order valence-electron chi connectivity index (χ4n) is 1.81. The lowest BCUT2D eigenvalue weighted by Crippen LogP contribution is -2.45. The second-order valence-corrected chi connectivity index (χ2v) is 4.86. The monoisotopic (exact) mass is 242 g/mol. The molecule has 0 aliphatic carbocycles. The number of nitrogens with zero attached hydrogens (tertiary/aromatic N) is 1. The predicted molar refractivity (Wildman–Crippen MR) is 66.5 cm³/mol. The van der Waals surface area contributed by atoms with Gasteiger partial charge in [0.25, 0.3) is 10.9 Å². The highest BCUT2D eigenvalue weighted by atomic mass is 32.2. The summed E-state index contributed by atoms with van der Waals surface area (Å²) in [5.74, 6) is 1.97. The molecule has 1 aliphatic rings. The summed E-state index contributed by atoms with van der Waals surface area (Å²) in [7, 11) is 0. The van der Waals surface area contributed by atoms with E-state index in [-0.39, 0.29) is 6.61 Å². The van der Waals surface area contributed by atoms with Gasteiger partial charge in [-0.25, -0.2) is 0 Å². The third-order valence-corrected chi connectivity index (χ3v) is 3.57. The molecule has 0 amide bonds. The highest BCUT2D eigenvalue weighted by Crippen LogP contribution is 2.23. The van der Waals surface area contributed by atoms with Crippen molar-refractivity contribution in [1.29, 1.82) is 0 Å². The second kappa shape index (κ2) is 4.88. The molecule has 0 aromatic heterocycles. The van der Waals surface area contributed by atoms with Gasteiger partial charge in [-0.3, -0.25) is 9.59 Å². The Hall–Kier alpha value is -1.01. The van der Waals surface area contributed by atoms with Gasteiger partial charge >= 0.3 is 0 Å². The van der Waals surface area contributed by atoms with Crippen LogP contribution in [0.5, 0.6) is 0 Å². The van der Waals surface area contributed by atoms with E-state index in [1.54, 1.807) is 0 Å². The maximum Gasteiger partial charge on any atom is 0.253 e. The van der Waals surface area contributed by atoms with Crippen LogP contribution in [0.15, 0.2) is 9.59 Å². The zero-order chi connectivity index (χ0) is 11.5. The Morgan fingerprint density at radius 2 is 1.94 bits per heavy atom. The first-order chi connectivity index (χ1) is 7.75.